The second-order valence-corrected chi connectivity index (χ2v) is 7.75. The molecule has 0 amide bonds. The third kappa shape index (κ3) is 2.81. The van der Waals surface area contributed by atoms with Gasteiger partial charge >= 0.3 is 5.97 Å². The number of nitrogens with zero attached hydrogens (tertiary/aromatic N) is 1. The van der Waals surface area contributed by atoms with Crippen LogP contribution in [0.25, 0.3) is 0 Å². The van der Waals surface area contributed by atoms with Gasteiger partial charge in [0.2, 0.25) is 0 Å². The second kappa shape index (κ2) is 5.08. The lowest BCUT2D eigenvalue weighted by atomic mass is 9.74. The zero-order chi connectivity index (χ0) is 14.3. The van der Waals surface area contributed by atoms with Crippen LogP contribution in [0.15, 0.2) is 0 Å². The highest BCUT2D eigenvalue weighted by Crippen LogP contribution is 2.43. The van der Waals surface area contributed by atoms with Crippen LogP contribution in [0.5, 0.6) is 0 Å². The molecule has 110 valence electrons. The topological polar surface area (TPSA) is 40.5 Å². The van der Waals surface area contributed by atoms with E-state index in [1.807, 2.05) is 0 Å². The van der Waals surface area contributed by atoms with Crippen LogP contribution in [0.2, 0.25) is 0 Å². The lowest BCUT2D eigenvalue weighted by Crippen LogP contribution is -2.44. The molecule has 2 rings (SSSR count). The van der Waals surface area contributed by atoms with E-state index >= 15 is 0 Å². The summed E-state index contributed by atoms with van der Waals surface area (Å²) in [5.74, 6) is -0.383. The average molecular weight is 267 g/mol. The Morgan fingerprint density at radius 1 is 1.32 bits per heavy atom. The number of carboxylic acids is 1. The van der Waals surface area contributed by atoms with E-state index in [2.05, 4.69) is 32.6 Å². The van der Waals surface area contributed by atoms with Gasteiger partial charge in [-0.15, -0.1) is 0 Å². The molecule has 0 bridgehead atoms. The van der Waals surface area contributed by atoms with E-state index < -0.39 is 11.4 Å². The Hall–Kier alpha value is -0.570. The fraction of sp³-hybridized carbons (Fsp3) is 0.938. The van der Waals surface area contributed by atoms with Gasteiger partial charge in [-0.3, -0.25) is 9.69 Å². The van der Waals surface area contributed by atoms with Crippen LogP contribution in [0, 0.1) is 16.7 Å². The summed E-state index contributed by atoms with van der Waals surface area (Å²) in [4.78, 5) is 14.2. The van der Waals surface area contributed by atoms with Gasteiger partial charge in [0.25, 0.3) is 0 Å². The molecule has 0 radical (unpaired) electrons. The first kappa shape index (κ1) is 14.8. The van der Waals surface area contributed by atoms with Crippen LogP contribution < -0.4 is 0 Å². The first-order valence-corrected chi connectivity index (χ1v) is 7.74. The van der Waals surface area contributed by atoms with Crippen molar-refractivity contribution >= 4 is 5.97 Å². The van der Waals surface area contributed by atoms with Gasteiger partial charge in [-0.1, -0.05) is 34.1 Å². The fourth-order valence-corrected chi connectivity index (χ4v) is 4.04. The molecule has 2 atom stereocenters. The molecule has 0 aromatic heterocycles. The first-order chi connectivity index (χ1) is 8.77. The van der Waals surface area contributed by atoms with Crippen molar-refractivity contribution in [2.24, 2.45) is 16.7 Å². The van der Waals surface area contributed by atoms with Crippen LogP contribution >= 0.6 is 0 Å². The Kier molecular flexibility index (Phi) is 3.97. The van der Waals surface area contributed by atoms with Crippen LogP contribution in [0.3, 0.4) is 0 Å². The summed E-state index contributed by atoms with van der Waals surface area (Å²) in [7, 11) is 0. The quantitative estimate of drug-likeness (QED) is 0.852. The summed E-state index contributed by atoms with van der Waals surface area (Å²) in [6.07, 6.45) is 5.89. The Morgan fingerprint density at radius 2 is 2.00 bits per heavy atom. The second-order valence-electron chi connectivity index (χ2n) is 7.75. The molecule has 3 heteroatoms. The lowest BCUT2D eigenvalue weighted by molar-refractivity contribution is -0.151. The third-order valence-electron chi connectivity index (χ3n) is 5.56. The molecule has 2 unspecified atom stereocenters. The Morgan fingerprint density at radius 3 is 2.47 bits per heavy atom. The van der Waals surface area contributed by atoms with E-state index in [0.29, 0.717) is 11.5 Å². The van der Waals surface area contributed by atoms with E-state index in [1.165, 1.54) is 25.7 Å². The number of hydrogen-bond acceptors (Lipinski definition) is 2. The summed E-state index contributed by atoms with van der Waals surface area (Å²) in [5.41, 5.74) is -0.0865. The van der Waals surface area contributed by atoms with Crippen LogP contribution in [-0.2, 0) is 4.79 Å². The number of carbonyl (C=O) groups is 1. The number of likely N-dealkylation sites (tertiary alicyclic amines) is 1. The molecule has 1 saturated carbocycles. The molecule has 3 nitrogen and oxygen atoms in total. The number of rotatable bonds is 3. The van der Waals surface area contributed by atoms with Crippen molar-refractivity contribution in [3.8, 4) is 0 Å². The molecule has 0 aromatic carbocycles. The van der Waals surface area contributed by atoms with Crippen molar-refractivity contribution in [1.82, 2.24) is 4.90 Å². The predicted molar refractivity (Wildman–Crippen MR) is 77.1 cm³/mol. The molecule has 1 heterocycles. The van der Waals surface area contributed by atoms with Crippen LogP contribution in [-0.4, -0.2) is 35.1 Å². The summed E-state index contributed by atoms with van der Waals surface area (Å²) in [6, 6.07) is 0.601. The van der Waals surface area contributed by atoms with Crippen LogP contribution in [0.1, 0.15) is 59.8 Å². The first-order valence-electron chi connectivity index (χ1n) is 7.74. The van der Waals surface area contributed by atoms with Crippen molar-refractivity contribution in [3.63, 3.8) is 0 Å². The molecular weight excluding hydrogens is 238 g/mol. The molecular formula is C16H29NO2. The Labute approximate surface area is 117 Å². The van der Waals surface area contributed by atoms with Gasteiger partial charge in [0.15, 0.2) is 0 Å². The van der Waals surface area contributed by atoms with Crippen molar-refractivity contribution in [2.45, 2.75) is 65.8 Å². The van der Waals surface area contributed by atoms with Crippen molar-refractivity contribution in [1.29, 1.82) is 0 Å². The minimum atomic E-state index is -0.597. The largest absolute Gasteiger partial charge is 0.481 e. The summed E-state index contributed by atoms with van der Waals surface area (Å²) in [6.45, 7) is 10.5. The zero-order valence-electron chi connectivity index (χ0n) is 12.9. The van der Waals surface area contributed by atoms with Gasteiger partial charge in [-0.05, 0) is 43.6 Å². The van der Waals surface area contributed by atoms with Crippen LogP contribution in [0.4, 0.5) is 0 Å². The van der Waals surface area contributed by atoms with Crippen molar-refractivity contribution < 1.29 is 9.90 Å². The third-order valence-corrected chi connectivity index (χ3v) is 5.56. The molecule has 0 aromatic rings. The van der Waals surface area contributed by atoms with Gasteiger partial charge in [0.1, 0.15) is 0 Å². The zero-order valence-corrected chi connectivity index (χ0v) is 12.9. The SMILES string of the molecule is CC(C)C1(C(=O)O)CCN(C2CCCC(C)(C)C2)C1. The van der Waals surface area contributed by atoms with Gasteiger partial charge in [0, 0.05) is 12.6 Å². The summed E-state index contributed by atoms with van der Waals surface area (Å²) >= 11 is 0. The number of hydrogen-bond donors (Lipinski definition) is 1. The highest BCUT2D eigenvalue weighted by atomic mass is 16.4. The van der Waals surface area contributed by atoms with E-state index in [-0.39, 0.29) is 5.92 Å². The van der Waals surface area contributed by atoms with E-state index in [1.54, 1.807) is 0 Å². The molecule has 1 aliphatic heterocycles. The fourth-order valence-electron chi connectivity index (χ4n) is 4.04. The highest BCUT2D eigenvalue weighted by Gasteiger charge is 2.49. The molecule has 1 aliphatic carbocycles. The predicted octanol–water partition coefficient (Wildman–Crippen LogP) is 3.39. The molecule has 0 spiro atoms. The normalized spacial score (nSPS) is 35.7. The number of aliphatic carboxylic acids is 1. The summed E-state index contributed by atoms with van der Waals surface area (Å²) in [5, 5.41) is 9.63. The monoisotopic (exact) mass is 267 g/mol. The van der Waals surface area contributed by atoms with Gasteiger partial charge in [-0.2, -0.15) is 0 Å². The molecule has 19 heavy (non-hydrogen) atoms. The minimum Gasteiger partial charge on any atom is -0.481 e. The smallest absolute Gasteiger partial charge is 0.311 e. The molecule has 2 fully saturated rings. The maximum atomic E-state index is 11.7. The van der Waals surface area contributed by atoms with Gasteiger partial charge in [-0.25, -0.2) is 0 Å². The molecule has 1 N–H and O–H groups in total. The van der Waals surface area contributed by atoms with E-state index in [9.17, 15) is 9.90 Å². The maximum absolute atomic E-state index is 11.7. The lowest BCUT2D eigenvalue weighted by Gasteiger charge is -2.40. The average Bonchev–Trinajstić information content (AvgIpc) is 2.73. The van der Waals surface area contributed by atoms with E-state index in [0.717, 1.165) is 19.5 Å². The van der Waals surface area contributed by atoms with Gasteiger partial charge < -0.3 is 5.11 Å². The standard InChI is InChI=1S/C16H29NO2/c1-12(2)16(14(18)19)8-9-17(11-16)13-6-5-7-15(3,4)10-13/h12-13H,5-11H2,1-4H3,(H,18,19). The summed E-state index contributed by atoms with van der Waals surface area (Å²) < 4.78 is 0. The highest BCUT2D eigenvalue weighted by molar-refractivity contribution is 5.75. The maximum Gasteiger partial charge on any atom is 0.311 e. The van der Waals surface area contributed by atoms with Gasteiger partial charge in [0.05, 0.1) is 5.41 Å². The Bertz CT molecular complexity index is 351. The molecule has 2 aliphatic rings. The minimum absolute atomic E-state index is 0.214. The molecule has 1 saturated heterocycles. The Balaban J connectivity index is 2.07. The van der Waals surface area contributed by atoms with Crippen molar-refractivity contribution in [2.75, 3.05) is 13.1 Å². The van der Waals surface area contributed by atoms with Crippen molar-refractivity contribution in [3.05, 3.63) is 0 Å². The number of carboxylic acid groups (broad SMARTS) is 1. The van der Waals surface area contributed by atoms with E-state index in [4.69, 9.17) is 0 Å².